The lowest BCUT2D eigenvalue weighted by Gasteiger charge is -2.39. The molecule has 66 heavy (non-hydrogen) atoms. The van der Waals surface area contributed by atoms with Crippen LogP contribution in [0.1, 0.15) is 58.8 Å². The summed E-state index contributed by atoms with van der Waals surface area (Å²) >= 11 is 0. The van der Waals surface area contributed by atoms with Gasteiger partial charge in [0.05, 0.1) is 24.5 Å². The van der Waals surface area contributed by atoms with Crippen LogP contribution in [0.2, 0.25) is 0 Å². The minimum Gasteiger partial charge on any atom is -0.508 e. The van der Waals surface area contributed by atoms with Crippen molar-refractivity contribution in [2.75, 3.05) is 83.6 Å². The van der Waals surface area contributed by atoms with Crippen LogP contribution in [0.15, 0.2) is 101 Å². The Morgan fingerprint density at radius 1 is 0.788 bits per heavy atom. The second-order valence-corrected chi connectivity index (χ2v) is 17.5. The predicted molar refractivity (Wildman–Crippen MR) is 258 cm³/mol. The molecule has 0 unspecified atom stereocenters. The molecule has 0 aliphatic carbocycles. The molecule has 4 N–H and O–H groups in total. The molecule has 4 aliphatic heterocycles. The van der Waals surface area contributed by atoms with Crippen molar-refractivity contribution in [1.29, 1.82) is 0 Å². The second kappa shape index (κ2) is 20.6. The quantitative estimate of drug-likeness (QED) is 0.0569. The van der Waals surface area contributed by atoms with E-state index in [2.05, 4.69) is 62.6 Å². The number of phenolic OH excluding ortho intramolecular Hbond substituents is 3. The number of carbonyl (C=O) groups is 3. The van der Waals surface area contributed by atoms with Crippen LogP contribution in [-0.2, 0) is 35.6 Å². The number of benzene rings is 4. The first kappa shape index (κ1) is 45.8. The molecule has 0 aromatic heterocycles. The number of aromatic hydroxyl groups is 3. The van der Waals surface area contributed by atoms with Gasteiger partial charge in [-0.05, 0) is 65.4 Å². The van der Waals surface area contributed by atoms with Crippen molar-refractivity contribution in [1.82, 2.24) is 29.8 Å². The predicted octanol–water partition coefficient (Wildman–Crippen LogP) is 5.24. The van der Waals surface area contributed by atoms with Gasteiger partial charge in [-0.3, -0.25) is 34.6 Å². The first-order valence-corrected chi connectivity index (χ1v) is 23.1. The summed E-state index contributed by atoms with van der Waals surface area (Å²) in [5.41, 5.74) is 6.95. The maximum absolute atomic E-state index is 13.5. The number of nitrogens with zero attached hydrogens (tertiary/aromatic N) is 8. The first-order chi connectivity index (χ1) is 32.0. The summed E-state index contributed by atoms with van der Waals surface area (Å²) in [5, 5.41) is 36.7. The molecule has 0 atom stereocenters. The molecule has 2 fully saturated rings. The number of hydrogen-bond acceptors (Lipinski definition) is 11. The van der Waals surface area contributed by atoms with Crippen molar-refractivity contribution in [3.8, 4) is 17.2 Å². The van der Waals surface area contributed by atoms with Crippen LogP contribution >= 0.6 is 0 Å². The molecular weight excluding hydrogens is 835 g/mol. The average molecular weight is 896 g/mol. The van der Waals surface area contributed by atoms with Crippen molar-refractivity contribution in [3.63, 3.8) is 0 Å². The molecule has 15 nitrogen and oxygen atoms in total. The monoisotopic (exact) mass is 895 g/mol. The molecular formula is C51H61N9O6. The number of hydrogen-bond donors (Lipinski definition) is 4. The number of carbonyl (C=O) groups excluding carboxylic acids is 3. The molecule has 4 aromatic carbocycles. The number of amides is 3. The second-order valence-electron chi connectivity index (χ2n) is 17.5. The zero-order chi connectivity index (χ0) is 46.3. The van der Waals surface area contributed by atoms with Crippen molar-refractivity contribution in [2.24, 2.45) is 9.98 Å². The van der Waals surface area contributed by atoms with Crippen molar-refractivity contribution >= 4 is 46.7 Å². The van der Waals surface area contributed by atoms with E-state index >= 15 is 0 Å². The summed E-state index contributed by atoms with van der Waals surface area (Å²) in [7, 11) is 0. The van der Waals surface area contributed by atoms with E-state index < -0.39 is 0 Å². The number of phenols is 3. The van der Waals surface area contributed by atoms with E-state index in [9.17, 15) is 29.7 Å². The van der Waals surface area contributed by atoms with Gasteiger partial charge in [0, 0.05) is 120 Å². The lowest BCUT2D eigenvalue weighted by Crippen LogP contribution is -2.51. The van der Waals surface area contributed by atoms with Crippen LogP contribution in [0.3, 0.4) is 0 Å². The average Bonchev–Trinajstić information content (AvgIpc) is 3.77. The fourth-order valence-electron chi connectivity index (χ4n) is 9.63. The summed E-state index contributed by atoms with van der Waals surface area (Å²) < 4.78 is 0. The molecule has 4 heterocycles. The zero-order valence-electron chi connectivity index (χ0n) is 37.9. The highest BCUT2D eigenvalue weighted by Crippen LogP contribution is 2.36. The molecule has 346 valence electrons. The number of rotatable bonds is 14. The van der Waals surface area contributed by atoms with Gasteiger partial charge in [-0.1, -0.05) is 62.4 Å². The number of nitrogens with one attached hydrogen (secondary N) is 1. The van der Waals surface area contributed by atoms with E-state index in [0.29, 0.717) is 103 Å². The summed E-state index contributed by atoms with van der Waals surface area (Å²) in [5.74, 6) is 0.588. The normalized spacial score (nSPS) is 17.1. The van der Waals surface area contributed by atoms with Gasteiger partial charge in [0.2, 0.25) is 11.8 Å². The Balaban J connectivity index is 0.838. The van der Waals surface area contributed by atoms with E-state index in [-0.39, 0.29) is 40.5 Å². The van der Waals surface area contributed by atoms with Gasteiger partial charge in [-0.2, -0.15) is 0 Å². The van der Waals surface area contributed by atoms with Crippen LogP contribution < -0.4 is 10.2 Å². The van der Waals surface area contributed by atoms with Gasteiger partial charge in [-0.25, -0.2) is 0 Å². The number of aryl methyl sites for hydroxylation is 1. The van der Waals surface area contributed by atoms with E-state index in [1.807, 2.05) is 30.0 Å². The van der Waals surface area contributed by atoms with Gasteiger partial charge in [0.1, 0.15) is 23.1 Å². The number of piperazine rings is 2. The van der Waals surface area contributed by atoms with Crippen LogP contribution in [0.5, 0.6) is 17.2 Å². The third-order valence-electron chi connectivity index (χ3n) is 13.2. The third kappa shape index (κ3) is 10.2. The Hall–Kier alpha value is -6.71. The highest BCUT2D eigenvalue weighted by atomic mass is 16.3. The zero-order valence-corrected chi connectivity index (χ0v) is 37.9. The molecule has 2 saturated heterocycles. The fourth-order valence-corrected chi connectivity index (χ4v) is 9.63. The van der Waals surface area contributed by atoms with E-state index in [1.165, 1.54) is 12.1 Å². The minimum atomic E-state index is -0.255. The van der Waals surface area contributed by atoms with E-state index in [0.717, 1.165) is 76.3 Å². The van der Waals surface area contributed by atoms with E-state index in [1.54, 1.807) is 28.0 Å². The van der Waals surface area contributed by atoms with Crippen LogP contribution in [-0.4, -0.2) is 149 Å². The Morgan fingerprint density at radius 3 is 2.29 bits per heavy atom. The summed E-state index contributed by atoms with van der Waals surface area (Å²) in [4.78, 5) is 61.1. The maximum atomic E-state index is 13.5. The molecule has 0 radical (unpaired) electrons. The van der Waals surface area contributed by atoms with Gasteiger partial charge < -0.3 is 39.8 Å². The minimum absolute atomic E-state index is 0.00484. The first-order valence-electron chi connectivity index (χ1n) is 23.1. The number of aliphatic imine (C=N–C) groups is 2. The molecule has 0 spiro atoms. The Bertz CT molecular complexity index is 2560. The topological polar surface area (TPSA) is 168 Å². The molecule has 0 bridgehead atoms. The van der Waals surface area contributed by atoms with Crippen LogP contribution in [0, 0.1) is 0 Å². The smallest absolute Gasteiger partial charge is 0.258 e. The van der Waals surface area contributed by atoms with Gasteiger partial charge in [0.25, 0.3) is 5.91 Å². The van der Waals surface area contributed by atoms with E-state index in [4.69, 9.17) is 4.99 Å². The SMILES string of the molecule is C=CC(=O)N1CCN(C(=NCNCCC(=O)N2CCN(Cc3ccc4c(c3)CN(C(=O)c3cc(CCC)c(O)cc3O)C4)CC2)C2=C(N=C)CN(c3cc(O)cc4ccccc34)CC2)CC1. The molecule has 4 aliphatic rings. The number of fused-ring (bicyclic) bond motifs is 2. The van der Waals surface area contributed by atoms with Crippen molar-refractivity contribution in [2.45, 2.75) is 52.2 Å². The van der Waals surface area contributed by atoms with Gasteiger partial charge >= 0.3 is 0 Å². The molecule has 0 saturated carbocycles. The Morgan fingerprint density at radius 2 is 1.53 bits per heavy atom. The summed E-state index contributed by atoms with van der Waals surface area (Å²) in [6.45, 7) is 18.4. The highest BCUT2D eigenvalue weighted by Gasteiger charge is 2.31. The van der Waals surface area contributed by atoms with Crippen molar-refractivity contribution in [3.05, 3.63) is 118 Å². The molecule has 4 aromatic rings. The highest BCUT2D eigenvalue weighted by molar-refractivity contribution is 6.01. The number of amidine groups is 1. The van der Waals surface area contributed by atoms with Crippen LogP contribution in [0.4, 0.5) is 5.69 Å². The molecule has 3 amide bonds. The molecule has 15 heteroatoms. The van der Waals surface area contributed by atoms with Gasteiger partial charge in [0.15, 0.2) is 0 Å². The maximum Gasteiger partial charge on any atom is 0.258 e. The molecule has 8 rings (SSSR count). The summed E-state index contributed by atoms with van der Waals surface area (Å²) in [6, 6.07) is 20.8. The standard InChI is InChI=1S/C51H61N9O6/c1-4-8-37-27-43(47(63)29-46(37)62)51(66)60-31-38-12-11-35(25-39(38)32-60)30-55-17-19-57(20-18-55)49(65)13-15-53-34-54-50(58-23-21-56(22-24-58)48(64)5-2)42-14-16-59(33-44(42)52-3)45-28-40(61)26-36-9-6-7-10-41(36)45/h5-7,9-12,25-29,53,61-63H,2-4,8,13-24,30-34H2,1H3. The van der Waals surface area contributed by atoms with Crippen LogP contribution in [0.25, 0.3) is 10.8 Å². The Kier molecular flexibility index (Phi) is 14.3. The fraction of sp³-hybridized carbons (Fsp3) is 0.392. The largest absolute Gasteiger partial charge is 0.508 e. The van der Waals surface area contributed by atoms with Gasteiger partial charge in [-0.15, -0.1) is 0 Å². The number of anilines is 1. The Labute approximate surface area is 386 Å². The summed E-state index contributed by atoms with van der Waals surface area (Å²) in [6.07, 6.45) is 3.80. The lowest BCUT2D eigenvalue weighted by molar-refractivity contribution is -0.133. The lowest BCUT2D eigenvalue weighted by atomic mass is 10.00. The van der Waals surface area contributed by atoms with Crippen molar-refractivity contribution < 1.29 is 29.7 Å². The third-order valence-corrected chi connectivity index (χ3v) is 13.2.